The number of nitrogens with one attached hydrogen (secondary N) is 3. The van der Waals surface area contributed by atoms with Gasteiger partial charge in [-0.2, -0.15) is 0 Å². The van der Waals surface area contributed by atoms with E-state index in [1.165, 1.54) is 0 Å². The Balaban J connectivity index is 1.64. The molecule has 0 spiro atoms. The first-order chi connectivity index (χ1) is 12.6. The number of benzene rings is 1. The number of anilines is 1. The third kappa shape index (κ3) is 4.40. The highest BCUT2D eigenvalue weighted by atomic mass is 32.1. The van der Waals surface area contributed by atoms with Gasteiger partial charge in [-0.15, -0.1) is 0 Å². The molecule has 2 aromatic heterocycles. The van der Waals surface area contributed by atoms with Crippen molar-refractivity contribution in [3.8, 4) is 0 Å². The Labute approximate surface area is 155 Å². The Morgan fingerprint density at radius 3 is 2.69 bits per heavy atom. The summed E-state index contributed by atoms with van der Waals surface area (Å²) in [6, 6.07) is 15.8. The maximum Gasteiger partial charge on any atom is 0.274 e. The average Bonchev–Trinajstić information content (AvgIpc) is 2.67. The molecule has 7 heteroatoms. The largest absolute Gasteiger partial charge is 0.352 e. The van der Waals surface area contributed by atoms with Crippen molar-refractivity contribution < 1.29 is 9.59 Å². The van der Waals surface area contributed by atoms with E-state index in [1.807, 2.05) is 12.1 Å². The van der Waals surface area contributed by atoms with Crippen LogP contribution in [-0.4, -0.2) is 21.8 Å². The second-order valence-corrected chi connectivity index (χ2v) is 5.87. The van der Waals surface area contributed by atoms with E-state index in [-0.39, 0.29) is 11.8 Å². The van der Waals surface area contributed by atoms with Crippen molar-refractivity contribution >= 4 is 29.7 Å². The molecule has 0 aliphatic heterocycles. The highest BCUT2D eigenvalue weighted by Crippen LogP contribution is 2.12. The van der Waals surface area contributed by atoms with Crippen LogP contribution in [0.15, 0.2) is 67.0 Å². The molecular formula is C19H16N4O2S. The Morgan fingerprint density at radius 2 is 1.92 bits per heavy atom. The van der Waals surface area contributed by atoms with Crippen molar-refractivity contribution in [3.05, 3.63) is 88.5 Å². The van der Waals surface area contributed by atoms with Gasteiger partial charge in [-0.05, 0) is 42.0 Å². The predicted octanol–water partition coefficient (Wildman–Crippen LogP) is 3.32. The summed E-state index contributed by atoms with van der Waals surface area (Å²) in [7, 11) is 0. The first-order valence-corrected chi connectivity index (χ1v) is 8.31. The zero-order valence-electron chi connectivity index (χ0n) is 13.7. The summed E-state index contributed by atoms with van der Waals surface area (Å²) in [4.78, 5) is 31.2. The first kappa shape index (κ1) is 17.5. The lowest BCUT2D eigenvalue weighted by atomic mass is 10.2. The minimum absolute atomic E-state index is 0.255. The Hall–Kier alpha value is -3.32. The summed E-state index contributed by atoms with van der Waals surface area (Å²) in [5.41, 5.74) is 2.24. The van der Waals surface area contributed by atoms with Gasteiger partial charge in [0.15, 0.2) is 0 Å². The maximum absolute atomic E-state index is 12.2. The van der Waals surface area contributed by atoms with Crippen molar-refractivity contribution in [2.75, 3.05) is 5.32 Å². The van der Waals surface area contributed by atoms with E-state index in [2.05, 4.69) is 20.6 Å². The molecule has 26 heavy (non-hydrogen) atoms. The van der Waals surface area contributed by atoms with Gasteiger partial charge in [0.1, 0.15) is 10.3 Å². The minimum Gasteiger partial charge on any atom is -0.352 e. The summed E-state index contributed by atoms with van der Waals surface area (Å²) in [5.74, 6) is -0.544. The lowest BCUT2D eigenvalue weighted by Crippen LogP contribution is -2.23. The molecule has 0 bridgehead atoms. The monoisotopic (exact) mass is 364 g/mol. The number of nitrogens with zero attached hydrogens (tertiary/aromatic N) is 1. The number of pyridine rings is 2. The van der Waals surface area contributed by atoms with Gasteiger partial charge in [0, 0.05) is 24.6 Å². The van der Waals surface area contributed by atoms with Crippen LogP contribution in [0.5, 0.6) is 0 Å². The van der Waals surface area contributed by atoms with E-state index in [0.29, 0.717) is 28.1 Å². The molecule has 2 amide bonds. The van der Waals surface area contributed by atoms with E-state index in [0.717, 1.165) is 5.56 Å². The topological polar surface area (TPSA) is 86.9 Å². The molecule has 0 saturated carbocycles. The zero-order chi connectivity index (χ0) is 18.4. The van der Waals surface area contributed by atoms with Crippen LogP contribution in [0.1, 0.15) is 26.4 Å². The molecule has 0 aliphatic rings. The van der Waals surface area contributed by atoms with Crippen LogP contribution >= 0.6 is 12.2 Å². The van der Waals surface area contributed by atoms with Gasteiger partial charge in [0.25, 0.3) is 11.8 Å². The van der Waals surface area contributed by atoms with E-state index < -0.39 is 0 Å². The van der Waals surface area contributed by atoms with Crippen LogP contribution in [0.4, 0.5) is 5.69 Å². The van der Waals surface area contributed by atoms with Crippen LogP contribution in [0.3, 0.4) is 0 Å². The van der Waals surface area contributed by atoms with Crippen molar-refractivity contribution in [1.82, 2.24) is 15.3 Å². The van der Waals surface area contributed by atoms with Gasteiger partial charge < -0.3 is 15.6 Å². The molecule has 3 N–H and O–H groups in total. The third-order valence-corrected chi connectivity index (χ3v) is 3.94. The van der Waals surface area contributed by atoms with Gasteiger partial charge in [-0.25, -0.2) is 0 Å². The number of carbonyl (C=O) groups excluding carboxylic acids is 2. The highest BCUT2D eigenvalue weighted by Gasteiger charge is 2.09. The molecule has 3 rings (SSSR count). The number of amides is 2. The fourth-order valence-corrected chi connectivity index (χ4v) is 2.56. The molecule has 0 unspecified atom stereocenters. The highest BCUT2D eigenvalue weighted by molar-refractivity contribution is 7.71. The molecule has 1 aromatic carbocycles. The van der Waals surface area contributed by atoms with E-state index in [1.54, 1.807) is 54.9 Å². The second kappa shape index (κ2) is 8.17. The van der Waals surface area contributed by atoms with Gasteiger partial charge in [-0.3, -0.25) is 14.6 Å². The first-order valence-electron chi connectivity index (χ1n) is 7.91. The third-order valence-electron chi connectivity index (χ3n) is 3.60. The molecule has 130 valence electrons. The zero-order valence-corrected chi connectivity index (χ0v) is 14.5. The molecule has 2 heterocycles. The second-order valence-electron chi connectivity index (χ2n) is 5.47. The summed E-state index contributed by atoms with van der Waals surface area (Å²) in [6.07, 6.45) is 3.24. The number of H-pyrrole nitrogens is 1. The minimum atomic E-state index is -0.289. The van der Waals surface area contributed by atoms with E-state index in [9.17, 15) is 9.59 Å². The number of carbonyl (C=O) groups is 2. The maximum atomic E-state index is 12.2. The van der Waals surface area contributed by atoms with Crippen LogP contribution in [0.25, 0.3) is 0 Å². The van der Waals surface area contributed by atoms with Gasteiger partial charge in [0.2, 0.25) is 0 Å². The van der Waals surface area contributed by atoms with Gasteiger partial charge >= 0.3 is 0 Å². The molecule has 0 aliphatic carbocycles. The number of hydrogen-bond acceptors (Lipinski definition) is 4. The number of aromatic amines is 1. The number of aromatic nitrogens is 2. The van der Waals surface area contributed by atoms with Crippen LogP contribution in [0, 0.1) is 4.64 Å². The van der Waals surface area contributed by atoms with Crippen LogP contribution in [-0.2, 0) is 6.54 Å². The lowest BCUT2D eigenvalue weighted by molar-refractivity contribution is 0.0949. The summed E-state index contributed by atoms with van der Waals surface area (Å²) in [5, 5.41) is 5.61. The average molecular weight is 364 g/mol. The fraction of sp³-hybridized carbons (Fsp3) is 0.0526. The normalized spacial score (nSPS) is 10.2. The number of hydrogen-bond donors (Lipinski definition) is 3. The Morgan fingerprint density at radius 1 is 1.04 bits per heavy atom. The SMILES string of the molecule is O=C(Nc1cccc(CNC(=O)c2ccc[nH]c2=S)c1)c1ccccn1. The molecule has 0 fully saturated rings. The lowest BCUT2D eigenvalue weighted by Gasteiger charge is -2.09. The molecule has 0 radical (unpaired) electrons. The van der Waals surface area contributed by atoms with E-state index >= 15 is 0 Å². The van der Waals surface area contributed by atoms with Crippen molar-refractivity contribution in [3.63, 3.8) is 0 Å². The quantitative estimate of drug-likeness (QED) is 0.606. The number of rotatable bonds is 5. The molecule has 0 atom stereocenters. The smallest absolute Gasteiger partial charge is 0.274 e. The summed E-state index contributed by atoms with van der Waals surface area (Å²) < 4.78 is 0.390. The molecular weight excluding hydrogens is 348 g/mol. The molecule has 6 nitrogen and oxygen atoms in total. The predicted molar refractivity (Wildman–Crippen MR) is 101 cm³/mol. The van der Waals surface area contributed by atoms with E-state index in [4.69, 9.17) is 12.2 Å². The van der Waals surface area contributed by atoms with Crippen LogP contribution < -0.4 is 10.6 Å². The summed E-state index contributed by atoms with van der Waals surface area (Å²) in [6.45, 7) is 0.315. The van der Waals surface area contributed by atoms with Gasteiger partial charge in [0.05, 0.1) is 5.56 Å². The van der Waals surface area contributed by atoms with Gasteiger partial charge in [-0.1, -0.05) is 30.4 Å². The Kier molecular flexibility index (Phi) is 5.50. The van der Waals surface area contributed by atoms with Crippen molar-refractivity contribution in [2.24, 2.45) is 0 Å². The molecule has 3 aromatic rings. The summed E-state index contributed by atoms with van der Waals surface area (Å²) >= 11 is 5.10. The van der Waals surface area contributed by atoms with Crippen molar-refractivity contribution in [1.29, 1.82) is 0 Å². The molecule has 0 saturated heterocycles. The van der Waals surface area contributed by atoms with Crippen molar-refractivity contribution in [2.45, 2.75) is 6.54 Å². The standard InChI is InChI=1S/C19H16N4O2S/c24-17(15-7-4-10-21-19(15)26)22-12-13-5-3-6-14(11-13)23-18(25)16-8-1-2-9-20-16/h1-11H,12H2,(H,21,26)(H,22,24)(H,23,25). The fourth-order valence-electron chi connectivity index (χ4n) is 2.33. The van der Waals surface area contributed by atoms with Crippen LogP contribution in [0.2, 0.25) is 0 Å². The Bertz CT molecular complexity index is 986.